The quantitative estimate of drug-likeness (QED) is 0.777. The second kappa shape index (κ2) is 7.39. The summed E-state index contributed by atoms with van der Waals surface area (Å²) in [6, 6.07) is 6.32. The van der Waals surface area contributed by atoms with Gasteiger partial charge in [-0.15, -0.1) is 0 Å². The van der Waals surface area contributed by atoms with Gasteiger partial charge in [0.25, 0.3) is 0 Å². The Morgan fingerprint density at radius 3 is 2.33 bits per heavy atom. The van der Waals surface area contributed by atoms with Crippen LogP contribution in [0.1, 0.15) is 25.0 Å². The number of rotatable bonds is 7. The lowest BCUT2D eigenvalue weighted by Gasteiger charge is -2.22. The highest BCUT2D eigenvalue weighted by Gasteiger charge is 2.16. The number of ether oxygens (including phenoxy) is 1. The average Bonchev–Trinajstić information content (AvgIpc) is 2.40. The molecule has 1 aromatic carbocycles. The summed E-state index contributed by atoms with van der Waals surface area (Å²) in [4.78, 5) is 0. The van der Waals surface area contributed by atoms with E-state index in [1.165, 1.54) is 11.1 Å². The van der Waals surface area contributed by atoms with Crippen LogP contribution in [0.2, 0.25) is 0 Å². The van der Waals surface area contributed by atoms with Gasteiger partial charge in [0.05, 0.1) is 7.11 Å². The molecule has 102 valence electrons. The smallest absolute Gasteiger partial charge is 0.119 e. The van der Waals surface area contributed by atoms with Crippen LogP contribution >= 0.6 is 0 Å². The first kappa shape index (κ1) is 15.0. The molecule has 0 heterocycles. The van der Waals surface area contributed by atoms with Crippen molar-refractivity contribution in [2.75, 3.05) is 20.2 Å². The molecule has 0 saturated heterocycles. The van der Waals surface area contributed by atoms with Crippen molar-refractivity contribution in [2.45, 2.75) is 26.7 Å². The second-order valence-corrected chi connectivity index (χ2v) is 4.90. The van der Waals surface area contributed by atoms with Gasteiger partial charge in [-0.05, 0) is 61.0 Å². The van der Waals surface area contributed by atoms with E-state index < -0.39 is 0 Å². The third-order valence-electron chi connectivity index (χ3n) is 3.75. The van der Waals surface area contributed by atoms with Gasteiger partial charge in [-0.25, -0.2) is 0 Å². The van der Waals surface area contributed by atoms with Gasteiger partial charge in [0.2, 0.25) is 0 Å². The predicted octanol–water partition coefficient (Wildman–Crippen LogP) is 1.97. The standard InChI is InChI=1S/C15H26N2O/c1-4-12-8-15(18-3)6-5-13(12)7-11(2)14(9-16)10-17/h5-6,8,11,14H,4,7,9-10,16-17H2,1-3H3. The monoisotopic (exact) mass is 250 g/mol. The van der Waals surface area contributed by atoms with E-state index in [4.69, 9.17) is 16.2 Å². The van der Waals surface area contributed by atoms with Crippen LogP contribution in [0.5, 0.6) is 5.75 Å². The van der Waals surface area contributed by atoms with Gasteiger partial charge in [-0.3, -0.25) is 0 Å². The Morgan fingerprint density at radius 1 is 1.17 bits per heavy atom. The van der Waals surface area contributed by atoms with Crippen LogP contribution in [0.25, 0.3) is 0 Å². The third-order valence-corrected chi connectivity index (χ3v) is 3.75. The molecule has 0 spiro atoms. The highest BCUT2D eigenvalue weighted by Crippen LogP contribution is 2.23. The summed E-state index contributed by atoms with van der Waals surface area (Å²) in [5.74, 6) is 1.84. The van der Waals surface area contributed by atoms with E-state index in [1.54, 1.807) is 7.11 Å². The number of benzene rings is 1. The van der Waals surface area contributed by atoms with Gasteiger partial charge < -0.3 is 16.2 Å². The minimum Gasteiger partial charge on any atom is -0.497 e. The lowest BCUT2D eigenvalue weighted by Crippen LogP contribution is -2.30. The lowest BCUT2D eigenvalue weighted by molar-refractivity contribution is 0.371. The van der Waals surface area contributed by atoms with Crippen molar-refractivity contribution in [3.8, 4) is 5.75 Å². The summed E-state index contributed by atoms with van der Waals surface area (Å²) in [5, 5.41) is 0. The molecule has 18 heavy (non-hydrogen) atoms. The van der Waals surface area contributed by atoms with Gasteiger partial charge in [0, 0.05) is 0 Å². The van der Waals surface area contributed by atoms with E-state index in [0.717, 1.165) is 18.6 Å². The fourth-order valence-electron chi connectivity index (χ4n) is 2.33. The van der Waals surface area contributed by atoms with Crippen LogP contribution in [-0.4, -0.2) is 20.2 Å². The minimum atomic E-state index is 0.400. The van der Waals surface area contributed by atoms with Crippen LogP contribution in [-0.2, 0) is 12.8 Å². The summed E-state index contributed by atoms with van der Waals surface area (Å²) in [6.07, 6.45) is 2.06. The van der Waals surface area contributed by atoms with Crippen molar-refractivity contribution >= 4 is 0 Å². The van der Waals surface area contributed by atoms with Crippen LogP contribution in [0.4, 0.5) is 0 Å². The molecule has 0 amide bonds. The molecule has 0 aliphatic rings. The minimum absolute atomic E-state index is 0.400. The maximum atomic E-state index is 5.75. The van der Waals surface area contributed by atoms with Crippen molar-refractivity contribution in [2.24, 2.45) is 23.3 Å². The summed E-state index contributed by atoms with van der Waals surface area (Å²) >= 11 is 0. The van der Waals surface area contributed by atoms with Crippen molar-refractivity contribution in [1.82, 2.24) is 0 Å². The van der Waals surface area contributed by atoms with E-state index in [1.807, 2.05) is 6.07 Å². The molecule has 1 aromatic rings. The van der Waals surface area contributed by atoms with Crippen LogP contribution in [0, 0.1) is 11.8 Å². The molecule has 0 aromatic heterocycles. The Hall–Kier alpha value is -1.06. The Kier molecular flexibility index (Phi) is 6.16. The maximum Gasteiger partial charge on any atom is 0.119 e. The number of methoxy groups -OCH3 is 1. The summed E-state index contributed by atoms with van der Waals surface area (Å²) in [6.45, 7) is 5.73. The first-order chi connectivity index (χ1) is 8.65. The largest absolute Gasteiger partial charge is 0.497 e. The molecule has 0 aliphatic carbocycles. The normalized spacial score (nSPS) is 12.8. The number of hydrogen-bond donors (Lipinski definition) is 2. The molecule has 0 saturated carbocycles. The first-order valence-electron chi connectivity index (χ1n) is 6.72. The molecule has 1 unspecified atom stereocenters. The average molecular weight is 250 g/mol. The molecule has 0 bridgehead atoms. The summed E-state index contributed by atoms with van der Waals surface area (Å²) in [7, 11) is 1.70. The first-order valence-corrected chi connectivity index (χ1v) is 6.72. The topological polar surface area (TPSA) is 61.3 Å². The van der Waals surface area contributed by atoms with Crippen molar-refractivity contribution in [1.29, 1.82) is 0 Å². The second-order valence-electron chi connectivity index (χ2n) is 4.90. The molecule has 3 heteroatoms. The predicted molar refractivity (Wildman–Crippen MR) is 76.8 cm³/mol. The van der Waals surface area contributed by atoms with Crippen LogP contribution in [0.15, 0.2) is 18.2 Å². The molecular weight excluding hydrogens is 224 g/mol. The molecule has 0 aliphatic heterocycles. The van der Waals surface area contributed by atoms with Crippen LogP contribution in [0.3, 0.4) is 0 Å². The maximum absolute atomic E-state index is 5.75. The van der Waals surface area contributed by atoms with Gasteiger partial charge in [-0.1, -0.05) is 19.9 Å². The fourth-order valence-corrected chi connectivity index (χ4v) is 2.33. The highest BCUT2D eigenvalue weighted by molar-refractivity contribution is 5.36. The summed E-state index contributed by atoms with van der Waals surface area (Å²) in [5.41, 5.74) is 14.3. The zero-order chi connectivity index (χ0) is 13.5. The van der Waals surface area contributed by atoms with Crippen molar-refractivity contribution in [3.63, 3.8) is 0 Å². The molecule has 0 fully saturated rings. The number of aryl methyl sites for hydroxylation is 1. The van der Waals surface area contributed by atoms with Gasteiger partial charge >= 0.3 is 0 Å². The van der Waals surface area contributed by atoms with Crippen molar-refractivity contribution in [3.05, 3.63) is 29.3 Å². The third kappa shape index (κ3) is 3.72. The zero-order valence-electron chi connectivity index (χ0n) is 11.8. The SMILES string of the molecule is CCc1cc(OC)ccc1CC(C)C(CN)CN. The highest BCUT2D eigenvalue weighted by atomic mass is 16.5. The molecule has 1 rings (SSSR count). The van der Waals surface area contributed by atoms with E-state index in [-0.39, 0.29) is 0 Å². The molecule has 0 radical (unpaired) electrons. The van der Waals surface area contributed by atoms with E-state index >= 15 is 0 Å². The van der Waals surface area contributed by atoms with Gasteiger partial charge in [0.15, 0.2) is 0 Å². The van der Waals surface area contributed by atoms with E-state index in [0.29, 0.717) is 24.9 Å². The molecule has 4 N–H and O–H groups in total. The Bertz CT molecular complexity index is 362. The molecular formula is C15H26N2O. The Morgan fingerprint density at radius 2 is 1.83 bits per heavy atom. The molecule has 3 nitrogen and oxygen atoms in total. The van der Waals surface area contributed by atoms with Crippen molar-refractivity contribution < 1.29 is 4.74 Å². The number of hydrogen-bond acceptors (Lipinski definition) is 3. The van der Waals surface area contributed by atoms with Gasteiger partial charge in [0.1, 0.15) is 5.75 Å². The summed E-state index contributed by atoms with van der Waals surface area (Å²) < 4.78 is 5.27. The fraction of sp³-hybridized carbons (Fsp3) is 0.600. The zero-order valence-corrected chi connectivity index (χ0v) is 11.8. The van der Waals surface area contributed by atoms with Gasteiger partial charge in [-0.2, -0.15) is 0 Å². The van der Waals surface area contributed by atoms with E-state index in [9.17, 15) is 0 Å². The molecule has 1 atom stereocenters. The van der Waals surface area contributed by atoms with E-state index in [2.05, 4.69) is 26.0 Å². The number of nitrogens with two attached hydrogens (primary N) is 2. The Balaban J connectivity index is 2.83. The van der Waals surface area contributed by atoms with Crippen LogP contribution < -0.4 is 16.2 Å². The Labute approximate surface area is 111 Å². The lowest BCUT2D eigenvalue weighted by atomic mass is 9.86.